The van der Waals surface area contributed by atoms with Gasteiger partial charge in [-0.15, -0.1) is 11.3 Å². The highest BCUT2D eigenvalue weighted by molar-refractivity contribution is 7.10. The molecule has 0 radical (unpaired) electrons. The van der Waals surface area contributed by atoms with Gasteiger partial charge in [0.25, 0.3) is 0 Å². The van der Waals surface area contributed by atoms with Gasteiger partial charge in [0, 0.05) is 24.1 Å². The quantitative estimate of drug-likeness (QED) is 0.704. The Bertz CT molecular complexity index is 695. The number of rotatable bonds is 7. The molecule has 2 amide bonds. The van der Waals surface area contributed by atoms with Gasteiger partial charge in [0.15, 0.2) is 5.82 Å². The van der Waals surface area contributed by atoms with Crippen molar-refractivity contribution in [2.45, 2.75) is 25.9 Å². The molecular formula is C14H16N4O4S. The molecule has 23 heavy (non-hydrogen) atoms. The summed E-state index contributed by atoms with van der Waals surface area (Å²) in [5, 5.41) is 19.8. The van der Waals surface area contributed by atoms with Crippen LogP contribution in [0.3, 0.4) is 0 Å². The molecular weight excluding hydrogens is 320 g/mol. The highest BCUT2D eigenvalue weighted by Crippen LogP contribution is 2.22. The lowest BCUT2D eigenvalue weighted by molar-refractivity contribution is -0.137. The van der Waals surface area contributed by atoms with Crippen molar-refractivity contribution in [3.8, 4) is 0 Å². The molecule has 0 saturated carbocycles. The second kappa shape index (κ2) is 7.54. The maximum Gasteiger partial charge on any atom is 0.325 e. The predicted molar refractivity (Wildman–Crippen MR) is 84.0 cm³/mol. The van der Waals surface area contributed by atoms with Gasteiger partial charge in [0.05, 0.1) is 12.5 Å². The first kappa shape index (κ1) is 16.7. The summed E-state index contributed by atoms with van der Waals surface area (Å²) in [7, 11) is 0. The maximum atomic E-state index is 12.1. The van der Waals surface area contributed by atoms with Crippen LogP contribution in [0.5, 0.6) is 0 Å². The van der Waals surface area contributed by atoms with Gasteiger partial charge in [-0.05, 0) is 11.4 Å². The number of hydrogen-bond acceptors (Lipinski definition) is 5. The Labute approximate surface area is 136 Å². The molecule has 2 rings (SSSR count). The van der Waals surface area contributed by atoms with Crippen LogP contribution < -0.4 is 10.6 Å². The number of carbonyl (C=O) groups is 3. The van der Waals surface area contributed by atoms with Gasteiger partial charge in [-0.2, -0.15) is 5.10 Å². The van der Waals surface area contributed by atoms with E-state index in [1.165, 1.54) is 35.2 Å². The Morgan fingerprint density at radius 2 is 2.17 bits per heavy atom. The summed E-state index contributed by atoms with van der Waals surface area (Å²) in [4.78, 5) is 34.9. The van der Waals surface area contributed by atoms with Gasteiger partial charge in [0.1, 0.15) is 6.54 Å². The number of amides is 2. The van der Waals surface area contributed by atoms with Crippen LogP contribution in [0.1, 0.15) is 24.3 Å². The zero-order valence-electron chi connectivity index (χ0n) is 12.4. The number of carboxylic acid groups (broad SMARTS) is 1. The third kappa shape index (κ3) is 5.22. The van der Waals surface area contributed by atoms with Crippen molar-refractivity contribution in [1.82, 2.24) is 15.1 Å². The van der Waals surface area contributed by atoms with Crippen LogP contribution >= 0.6 is 11.3 Å². The highest BCUT2D eigenvalue weighted by atomic mass is 32.1. The highest BCUT2D eigenvalue weighted by Gasteiger charge is 2.18. The topological polar surface area (TPSA) is 113 Å². The number of nitrogens with one attached hydrogen (secondary N) is 2. The summed E-state index contributed by atoms with van der Waals surface area (Å²) in [6, 6.07) is 4.80. The molecule has 0 fully saturated rings. The SMILES string of the molecule is CC(=O)NC(CC(=O)Nc1ccn(CC(=O)O)n1)c1cccs1. The minimum atomic E-state index is -1.02. The number of aromatic nitrogens is 2. The van der Waals surface area contributed by atoms with E-state index in [0.717, 1.165) is 4.88 Å². The zero-order chi connectivity index (χ0) is 16.8. The van der Waals surface area contributed by atoms with E-state index in [0.29, 0.717) is 0 Å². The molecule has 2 aromatic rings. The molecule has 0 aliphatic rings. The number of thiophene rings is 1. The molecule has 0 saturated heterocycles. The Kier molecular flexibility index (Phi) is 5.47. The summed E-state index contributed by atoms with van der Waals surface area (Å²) >= 11 is 1.45. The van der Waals surface area contributed by atoms with E-state index in [-0.39, 0.29) is 30.6 Å². The minimum absolute atomic E-state index is 0.0614. The molecule has 9 heteroatoms. The Morgan fingerprint density at radius 1 is 1.39 bits per heavy atom. The van der Waals surface area contributed by atoms with E-state index >= 15 is 0 Å². The van der Waals surface area contributed by atoms with E-state index in [2.05, 4.69) is 15.7 Å². The van der Waals surface area contributed by atoms with Crippen LogP contribution in [0, 0.1) is 0 Å². The fourth-order valence-corrected chi connectivity index (χ4v) is 2.77. The van der Waals surface area contributed by atoms with Crippen molar-refractivity contribution < 1.29 is 19.5 Å². The Balaban J connectivity index is 1.97. The lowest BCUT2D eigenvalue weighted by atomic mass is 10.1. The molecule has 0 aliphatic heterocycles. The number of carbonyl (C=O) groups excluding carboxylic acids is 2. The van der Waals surface area contributed by atoms with Crippen LogP contribution in [-0.2, 0) is 20.9 Å². The van der Waals surface area contributed by atoms with Crippen molar-refractivity contribution in [2.24, 2.45) is 0 Å². The van der Waals surface area contributed by atoms with Crippen LogP contribution in [0.15, 0.2) is 29.8 Å². The largest absolute Gasteiger partial charge is 0.480 e. The van der Waals surface area contributed by atoms with E-state index < -0.39 is 12.0 Å². The molecule has 2 heterocycles. The van der Waals surface area contributed by atoms with Crippen LogP contribution in [0.4, 0.5) is 5.82 Å². The van der Waals surface area contributed by atoms with Crippen molar-refractivity contribution in [3.05, 3.63) is 34.7 Å². The number of carboxylic acids is 1. The maximum absolute atomic E-state index is 12.1. The molecule has 1 unspecified atom stereocenters. The Morgan fingerprint density at radius 3 is 2.78 bits per heavy atom. The number of nitrogens with zero attached hydrogens (tertiary/aromatic N) is 2. The van der Waals surface area contributed by atoms with Crippen molar-refractivity contribution >= 4 is 34.9 Å². The van der Waals surface area contributed by atoms with Crippen molar-refractivity contribution in [3.63, 3.8) is 0 Å². The standard InChI is InChI=1S/C14H16N4O4S/c1-9(19)15-10(11-3-2-6-23-11)7-13(20)16-12-4-5-18(17-12)8-14(21)22/h2-6,10H,7-8H2,1H3,(H,15,19)(H,21,22)(H,16,17,20). The van der Waals surface area contributed by atoms with Gasteiger partial charge in [-0.3, -0.25) is 19.1 Å². The first-order chi connectivity index (χ1) is 10.9. The summed E-state index contributed by atoms with van der Waals surface area (Å²) < 4.78 is 1.21. The monoisotopic (exact) mass is 336 g/mol. The van der Waals surface area contributed by atoms with E-state index in [4.69, 9.17) is 5.11 Å². The fraction of sp³-hybridized carbons (Fsp3) is 0.286. The molecule has 1 atom stereocenters. The van der Waals surface area contributed by atoms with Crippen LogP contribution in [0.25, 0.3) is 0 Å². The van der Waals surface area contributed by atoms with Crippen LogP contribution in [0.2, 0.25) is 0 Å². The fourth-order valence-electron chi connectivity index (χ4n) is 1.99. The lowest BCUT2D eigenvalue weighted by Gasteiger charge is -2.15. The van der Waals surface area contributed by atoms with Crippen molar-refractivity contribution in [1.29, 1.82) is 0 Å². The zero-order valence-corrected chi connectivity index (χ0v) is 13.2. The number of anilines is 1. The molecule has 0 spiro atoms. The van der Waals surface area contributed by atoms with E-state index in [1.54, 1.807) is 0 Å². The third-order valence-corrected chi connectivity index (χ3v) is 3.85. The van der Waals surface area contributed by atoms with E-state index in [1.807, 2.05) is 17.5 Å². The van der Waals surface area contributed by atoms with Crippen molar-refractivity contribution in [2.75, 3.05) is 5.32 Å². The van der Waals surface area contributed by atoms with Gasteiger partial charge in [0.2, 0.25) is 11.8 Å². The summed E-state index contributed by atoms with van der Waals surface area (Å²) in [5.74, 6) is -1.29. The van der Waals surface area contributed by atoms with Gasteiger partial charge < -0.3 is 15.7 Å². The molecule has 0 aromatic carbocycles. The smallest absolute Gasteiger partial charge is 0.325 e. The molecule has 2 aromatic heterocycles. The molecule has 3 N–H and O–H groups in total. The van der Waals surface area contributed by atoms with Gasteiger partial charge >= 0.3 is 5.97 Å². The molecule has 122 valence electrons. The average molecular weight is 336 g/mol. The predicted octanol–water partition coefficient (Wildman–Crippen LogP) is 1.24. The first-order valence-corrected chi connectivity index (χ1v) is 7.67. The normalized spacial score (nSPS) is 11.7. The second-order valence-electron chi connectivity index (χ2n) is 4.81. The van der Waals surface area contributed by atoms with Crippen LogP contribution in [-0.4, -0.2) is 32.7 Å². The summed E-state index contributed by atoms with van der Waals surface area (Å²) in [6.07, 6.45) is 1.53. The second-order valence-corrected chi connectivity index (χ2v) is 5.79. The average Bonchev–Trinajstić information content (AvgIpc) is 3.08. The molecule has 8 nitrogen and oxygen atoms in total. The summed E-state index contributed by atoms with van der Waals surface area (Å²) in [5.41, 5.74) is 0. The van der Waals surface area contributed by atoms with E-state index in [9.17, 15) is 14.4 Å². The molecule has 0 bridgehead atoms. The lowest BCUT2D eigenvalue weighted by Crippen LogP contribution is -2.29. The number of aliphatic carboxylic acids is 1. The Hall–Kier alpha value is -2.68. The third-order valence-electron chi connectivity index (χ3n) is 2.86. The minimum Gasteiger partial charge on any atom is -0.480 e. The van der Waals surface area contributed by atoms with Gasteiger partial charge in [-0.1, -0.05) is 6.07 Å². The first-order valence-electron chi connectivity index (χ1n) is 6.79. The summed E-state index contributed by atoms with van der Waals surface area (Å²) in [6.45, 7) is 1.12. The molecule has 0 aliphatic carbocycles. The number of hydrogen-bond donors (Lipinski definition) is 3. The van der Waals surface area contributed by atoms with Gasteiger partial charge in [-0.25, -0.2) is 0 Å².